The van der Waals surface area contributed by atoms with E-state index in [0.717, 1.165) is 5.56 Å². The fourth-order valence-electron chi connectivity index (χ4n) is 2.66. The number of phenolic OH excluding ortho intramolecular Hbond substituents is 1. The molecule has 0 fully saturated rings. The monoisotopic (exact) mass is 400 g/mol. The number of aromatic hydroxyl groups is 1. The molecule has 0 saturated heterocycles. The van der Waals surface area contributed by atoms with Crippen molar-refractivity contribution >= 4 is 18.0 Å². The van der Waals surface area contributed by atoms with Crippen LogP contribution in [-0.4, -0.2) is 52.7 Å². The number of benzene rings is 2. The number of nitrogens with zero attached hydrogens (tertiary/aromatic N) is 1. The SMILES string of the molecule is CN(CCCC(NC(=O)OCc1ccccc1)C(=O)O)C(=O)c1cccc(O)c1. The van der Waals surface area contributed by atoms with Crippen LogP contribution in [0.15, 0.2) is 54.6 Å². The lowest BCUT2D eigenvalue weighted by Crippen LogP contribution is -2.41. The number of aliphatic carboxylic acids is 1. The number of carboxylic acid groups (broad SMARTS) is 1. The van der Waals surface area contributed by atoms with Gasteiger partial charge < -0.3 is 25.2 Å². The van der Waals surface area contributed by atoms with E-state index in [9.17, 15) is 24.6 Å². The van der Waals surface area contributed by atoms with Gasteiger partial charge in [-0.1, -0.05) is 36.4 Å². The largest absolute Gasteiger partial charge is 0.508 e. The van der Waals surface area contributed by atoms with Gasteiger partial charge in [-0.25, -0.2) is 9.59 Å². The molecule has 0 aliphatic heterocycles. The Morgan fingerprint density at radius 1 is 1.10 bits per heavy atom. The van der Waals surface area contributed by atoms with Gasteiger partial charge >= 0.3 is 12.1 Å². The number of carboxylic acids is 1. The molecule has 8 nitrogen and oxygen atoms in total. The van der Waals surface area contributed by atoms with Crippen molar-refractivity contribution in [2.75, 3.05) is 13.6 Å². The molecule has 0 spiro atoms. The molecule has 0 aromatic heterocycles. The number of phenols is 1. The maximum Gasteiger partial charge on any atom is 0.408 e. The predicted octanol–water partition coefficient (Wildman–Crippen LogP) is 2.62. The Hall–Kier alpha value is -3.55. The summed E-state index contributed by atoms with van der Waals surface area (Å²) in [5.41, 5.74) is 1.13. The summed E-state index contributed by atoms with van der Waals surface area (Å²) in [6.07, 6.45) is -0.324. The fourth-order valence-corrected chi connectivity index (χ4v) is 2.66. The average Bonchev–Trinajstić information content (AvgIpc) is 2.71. The topological polar surface area (TPSA) is 116 Å². The molecular weight excluding hydrogens is 376 g/mol. The normalized spacial score (nSPS) is 11.3. The Kier molecular flexibility index (Phi) is 8.02. The molecule has 0 aliphatic rings. The zero-order chi connectivity index (χ0) is 21.2. The number of ether oxygens (including phenoxy) is 1. The van der Waals surface area contributed by atoms with Gasteiger partial charge in [0.05, 0.1) is 0 Å². The highest BCUT2D eigenvalue weighted by Crippen LogP contribution is 2.13. The Labute approximate surface area is 168 Å². The summed E-state index contributed by atoms with van der Waals surface area (Å²) in [5, 5.41) is 21.1. The number of nitrogens with one attached hydrogen (secondary N) is 1. The van der Waals surface area contributed by atoms with E-state index in [1.165, 1.54) is 17.0 Å². The van der Waals surface area contributed by atoms with Gasteiger partial charge in [-0.3, -0.25) is 4.79 Å². The van der Waals surface area contributed by atoms with Crippen molar-refractivity contribution in [2.45, 2.75) is 25.5 Å². The van der Waals surface area contributed by atoms with E-state index in [1.807, 2.05) is 18.2 Å². The molecule has 0 radical (unpaired) electrons. The molecule has 2 aromatic rings. The number of hydrogen-bond donors (Lipinski definition) is 3. The molecule has 2 rings (SSSR count). The van der Waals surface area contributed by atoms with Crippen LogP contribution in [0.2, 0.25) is 0 Å². The zero-order valence-electron chi connectivity index (χ0n) is 16.1. The van der Waals surface area contributed by atoms with Crippen LogP contribution in [-0.2, 0) is 16.1 Å². The third-order valence-corrected chi connectivity index (χ3v) is 4.23. The summed E-state index contributed by atoms with van der Waals surface area (Å²) in [7, 11) is 1.59. The number of alkyl carbamates (subject to hydrolysis) is 1. The van der Waals surface area contributed by atoms with Crippen molar-refractivity contribution in [3.05, 3.63) is 65.7 Å². The number of hydrogen-bond acceptors (Lipinski definition) is 5. The van der Waals surface area contributed by atoms with Gasteiger partial charge in [0.2, 0.25) is 0 Å². The van der Waals surface area contributed by atoms with Crippen molar-refractivity contribution < 1.29 is 29.3 Å². The maximum absolute atomic E-state index is 12.3. The van der Waals surface area contributed by atoms with Crippen LogP contribution < -0.4 is 5.32 Å². The second-order valence-electron chi connectivity index (χ2n) is 6.52. The third-order valence-electron chi connectivity index (χ3n) is 4.23. The van der Waals surface area contributed by atoms with Crippen molar-refractivity contribution in [1.82, 2.24) is 10.2 Å². The van der Waals surface area contributed by atoms with Crippen molar-refractivity contribution in [2.24, 2.45) is 0 Å². The van der Waals surface area contributed by atoms with Gasteiger partial charge in [-0.05, 0) is 36.6 Å². The highest BCUT2D eigenvalue weighted by atomic mass is 16.5. The van der Waals surface area contributed by atoms with E-state index in [0.29, 0.717) is 18.5 Å². The van der Waals surface area contributed by atoms with E-state index in [2.05, 4.69) is 5.32 Å². The number of rotatable bonds is 9. The standard InChI is InChI=1S/C21H24N2O6/c1-23(19(25)16-9-5-10-17(24)13-16)12-6-11-18(20(26)27)22-21(28)29-14-15-7-3-2-4-8-15/h2-5,7-10,13,18,24H,6,11-12,14H2,1H3,(H,22,28)(H,26,27). The first-order chi connectivity index (χ1) is 13.9. The predicted molar refractivity (Wildman–Crippen MR) is 105 cm³/mol. The van der Waals surface area contributed by atoms with Crippen LogP contribution in [0.5, 0.6) is 5.75 Å². The smallest absolute Gasteiger partial charge is 0.408 e. The minimum Gasteiger partial charge on any atom is -0.508 e. The molecule has 1 unspecified atom stereocenters. The lowest BCUT2D eigenvalue weighted by Gasteiger charge is -2.19. The molecule has 2 aromatic carbocycles. The van der Waals surface area contributed by atoms with E-state index in [1.54, 1.807) is 31.3 Å². The van der Waals surface area contributed by atoms with Crippen molar-refractivity contribution in [1.29, 1.82) is 0 Å². The van der Waals surface area contributed by atoms with Gasteiger partial charge in [-0.15, -0.1) is 0 Å². The molecular formula is C21H24N2O6. The summed E-state index contributed by atoms with van der Waals surface area (Å²) >= 11 is 0. The summed E-state index contributed by atoms with van der Waals surface area (Å²) in [6.45, 7) is 0.333. The Morgan fingerprint density at radius 2 is 1.83 bits per heavy atom. The second kappa shape index (κ2) is 10.7. The third kappa shape index (κ3) is 7.17. The minimum atomic E-state index is -1.18. The zero-order valence-corrected chi connectivity index (χ0v) is 16.1. The maximum atomic E-state index is 12.3. The van der Waals surface area contributed by atoms with Crippen LogP contribution in [0.4, 0.5) is 4.79 Å². The molecule has 0 aliphatic carbocycles. The van der Waals surface area contributed by atoms with Crippen LogP contribution in [0, 0.1) is 0 Å². The average molecular weight is 400 g/mol. The first-order valence-corrected chi connectivity index (χ1v) is 9.11. The molecule has 3 N–H and O–H groups in total. The minimum absolute atomic E-state index is 0.00611. The van der Waals surface area contributed by atoms with E-state index in [4.69, 9.17) is 4.74 Å². The highest BCUT2D eigenvalue weighted by molar-refractivity contribution is 5.94. The number of amides is 2. The summed E-state index contributed by atoms with van der Waals surface area (Å²) in [6, 6.07) is 13.9. The Morgan fingerprint density at radius 3 is 2.48 bits per heavy atom. The molecule has 0 saturated carbocycles. The molecule has 29 heavy (non-hydrogen) atoms. The van der Waals surface area contributed by atoms with Crippen LogP contribution in [0.3, 0.4) is 0 Å². The quantitative estimate of drug-likeness (QED) is 0.596. The van der Waals surface area contributed by atoms with Gasteiger partial charge in [-0.2, -0.15) is 0 Å². The second-order valence-corrected chi connectivity index (χ2v) is 6.52. The molecule has 0 heterocycles. The number of carbonyl (C=O) groups is 3. The van der Waals surface area contributed by atoms with Crippen LogP contribution >= 0.6 is 0 Å². The van der Waals surface area contributed by atoms with Crippen molar-refractivity contribution in [3.63, 3.8) is 0 Å². The van der Waals surface area contributed by atoms with Crippen LogP contribution in [0.1, 0.15) is 28.8 Å². The van der Waals surface area contributed by atoms with Crippen LogP contribution in [0.25, 0.3) is 0 Å². The van der Waals surface area contributed by atoms with E-state index >= 15 is 0 Å². The molecule has 154 valence electrons. The van der Waals surface area contributed by atoms with Crippen molar-refractivity contribution in [3.8, 4) is 5.75 Å². The highest BCUT2D eigenvalue weighted by Gasteiger charge is 2.21. The molecule has 0 bridgehead atoms. The first-order valence-electron chi connectivity index (χ1n) is 9.11. The van der Waals surface area contributed by atoms with Gasteiger partial charge in [0, 0.05) is 19.2 Å². The summed E-state index contributed by atoms with van der Waals surface area (Å²) in [4.78, 5) is 37.0. The molecule has 2 amide bonds. The van der Waals surface area contributed by atoms with E-state index < -0.39 is 18.1 Å². The first kappa shape index (κ1) is 21.7. The number of carbonyl (C=O) groups excluding carboxylic acids is 2. The fraction of sp³-hybridized carbons (Fsp3) is 0.286. The molecule has 1 atom stereocenters. The summed E-state index contributed by atoms with van der Waals surface area (Å²) in [5.74, 6) is -1.47. The summed E-state index contributed by atoms with van der Waals surface area (Å²) < 4.78 is 5.04. The van der Waals surface area contributed by atoms with Gasteiger partial charge in [0.1, 0.15) is 18.4 Å². The van der Waals surface area contributed by atoms with E-state index in [-0.39, 0.29) is 24.7 Å². The lowest BCUT2D eigenvalue weighted by molar-refractivity contribution is -0.139. The van der Waals surface area contributed by atoms with Gasteiger partial charge in [0.15, 0.2) is 0 Å². The Bertz CT molecular complexity index is 840. The van der Waals surface area contributed by atoms with Gasteiger partial charge in [0.25, 0.3) is 5.91 Å². The Balaban J connectivity index is 1.78. The lowest BCUT2D eigenvalue weighted by atomic mass is 10.1. The molecule has 8 heteroatoms.